The molecule has 1 spiro atoms. The van der Waals surface area contributed by atoms with Gasteiger partial charge in [0.25, 0.3) is 0 Å². The van der Waals surface area contributed by atoms with Gasteiger partial charge in [0.05, 0.1) is 23.0 Å². The van der Waals surface area contributed by atoms with E-state index in [4.69, 9.17) is 16.3 Å². The van der Waals surface area contributed by atoms with E-state index < -0.39 is 46.8 Å². The highest BCUT2D eigenvalue weighted by molar-refractivity contribution is 6.31. The van der Waals surface area contributed by atoms with Crippen molar-refractivity contribution in [1.82, 2.24) is 10.2 Å². The molecule has 5 rings (SSSR count). The second kappa shape index (κ2) is 9.09. The van der Waals surface area contributed by atoms with E-state index in [9.17, 15) is 18.8 Å². The molecular weight excluding hydrogens is 497 g/mol. The van der Waals surface area contributed by atoms with E-state index in [0.29, 0.717) is 17.5 Å². The average molecular weight is 532 g/mol. The first-order chi connectivity index (χ1) is 17.3. The van der Waals surface area contributed by atoms with Crippen LogP contribution >= 0.6 is 11.6 Å². The van der Waals surface area contributed by atoms with Crippen molar-refractivity contribution in [3.63, 3.8) is 0 Å². The monoisotopic (exact) mass is 531 g/mol. The van der Waals surface area contributed by atoms with Gasteiger partial charge < -0.3 is 20.3 Å². The number of fused-ring (bicyclic) bond motifs is 1. The molecule has 9 heteroatoms. The standard InChI is InChI=1S/C28H35ClFN3O4/c1-14-7-6-8-19(15(14)2)32-25(35)23-28-12-11-20(37-28)21(22(28)26(36)33(23)27(3,4)5)24(34)31-16-9-10-18(30)17(29)13-16/h9-15,19-23H,6-8H2,1-5H3,(H,31,34)(H,32,35). The summed E-state index contributed by atoms with van der Waals surface area (Å²) in [5, 5.41) is 5.90. The number of nitrogens with one attached hydrogen (secondary N) is 2. The molecule has 3 fully saturated rings. The van der Waals surface area contributed by atoms with Crippen molar-refractivity contribution in [3.05, 3.63) is 41.2 Å². The normalized spacial score (nSPS) is 36.6. The van der Waals surface area contributed by atoms with E-state index in [0.717, 1.165) is 19.3 Å². The van der Waals surface area contributed by atoms with Crippen molar-refractivity contribution >= 4 is 35.0 Å². The summed E-state index contributed by atoms with van der Waals surface area (Å²) in [6.45, 7) is 10.0. The lowest BCUT2D eigenvalue weighted by Crippen LogP contribution is -2.61. The topological polar surface area (TPSA) is 87.7 Å². The Bertz CT molecular complexity index is 1170. The minimum Gasteiger partial charge on any atom is -0.359 e. The van der Waals surface area contributed by atoms with E-state index in [2.05, 4.69) is 24.5 Å². The third kappa shape index (κ3) is 4.16. The van der Waals surface area contributed by atoms with Gasteiger partial charge in [-0.25, -0.2) is 4.39 Å². The number of carbonyl (C=O) groups excluding carboxylic acids is 3. The van der Waals surface area contributed by atoms with E-state index in [1.165, 1.54) is 18.2 Å². The molecule has 1 aromatic carbocycles. The number of benzene rings is 1. The molecule has 1 saturated carbocycles. The van der Waals surface area contributed by atoms with Crippen LogP contribution in [0.25, 0.3) is 0 Å². The summed E-state index contributed by atoms with van der Waals surface area (Å²) in [5.74, 6) is -2.40. The number of hydrogen-bond donors (Lipinski definition) is 2. The van der Waals surface area contributed by atoms with Gasteiger partial charge in [0.2, 0.25) is 17.7 Å². The number of carbonyl (C=O) groups is 3. The molecule has 8 unspecified atom stereocenters. The van der Waals surface area contributed by atoms with Gasteiger partial charge in [0.1, 0.15) is 17.5 Å². The van der Waals surface area contributed by atoms with Crippen molar-refractivity contribution in [3.8, 4) is 0 Å². The lowest BCUT2D eigenvalue weighted by atomic mass is 9.73. The van der Waals surface area contributed by atoms with Gasteiger partial charge in [-0.05, 0) is 57.2 Å². The number of halogens is 2. The van der Waals surface area contributed by atoms with Crippen molar-refractivity contribution in [2.24, 2.45) is 23.7 Å². The number of likely N-dealkylation sites (tertiary alicyclic amines) is 1. The van der Waals surface area contributed by atoms with Crippen LogP contribution in [-0.2, 0) is 19.1 Å². The third-order valence-corrected chi connectivity index (χ3v) is 9.06. The number of amides is 3. The molecule has 3 amide bonds. The zero-order valence-electron chi connectivity index (χ0n) is 21.9. The molecule has 7 nitrogen and oxygen atoms in total. The highest BCUT2D eigenvalue weighted by Gasteiger charge is 2.74. The molecular formula is C28H35ClFN3O4. The Hall–Kier alpha value is -2.45. The average Bonchev–Trinajstić information content (AvgIpc) is 3.46. The first-order valence-electron chi connectivity index (χ1n) is 13.1. The predicted octanol–water partition coefficient (Wildman–Crippen LogP) is 4.31. The Labute approximate surface area is 222 Å². The molecule has 8 atom stereocenters. The molecule has 1 aromatic rings. The Morgan fingerprint density at radius 3 is 2.59 bits per heavy atom. The van der Waals surface area contributed by atoms with Crippen LogP contribution in [0.15, 0.2) is 30.4 Å². The Morgan fingerprint density at radius 1 is 1.19 bits per heavy atom. The predicted molar refractivity (Wildman–Crippen MR) is 138 cm³/mol. The number of nitrogens with zero attached hydrogens (tertiary/aromatic N) is 1. The molecule has 2 N–H and O–H groups in total. The molecule has 200 valence electrons. The van der Waals surface area contributed by atoms with Crippen LogP contribution in [0.4, 0.5) is 10.1 Å². The molecule has 37 heavy (non-hydrogen) atoms. The number of hydrogen-bond acceptors (Lipinski definition) is 4. The van der Waals surface area contributed by atoms with Crippen LogP contribution in [0.5, 0.6) is 0 Å². The summed E-state index contributed by atoms with van der Waals surface area (Å²) in [7, 11) is 0. The highest BCUT2D eigenvalue weighted by atomic mass is 35.5. The van der Waals surface area contributed by atoms with Gasteiger partial charge in [-0.2, -0.15) is 0 Å². The summed E-state index contributed by atoms with van der Waals surface area (Å²) >= 11 is 5.89. The molecule has 2 bridgehead atoms. The minimum absolute atomic E-state index is 0.0218. The quantitative estimate of drug-likeness (QED) is 0.567. The van der Waals surface area contributed by atoms with Gasteiger partial charge in [-0.3, -0.25) is 14.4 Å². The van der Waals surface area contributed by atoms with Crippen LogP contribution in [0.2, 0.25) is 5.02 Å². The lowest BCUT2D eigenvalue weighted by Gasteiger charge is -2.41. The van der Waals surface area contributed by atoms with Gasteiger partial charge in [0, 0.05) is 17.3 Å². The van der Waals surface area contributed by atoms with Crippen molar-refractivity contribution in [2.75, 3.05) is 5.32 Å². The highest BCUT2D eigenvalue weighted by Crippen LogP contribution is 2.56. The maximum atomic E-state index is 14.0. The second-order valence-electron chi connectivity index (χ2n) is 12.1. The van der Waals surface area contributed by atoms with Gasteiger partial charge in [-0.1, -0.05) is 50.4 Å². The SMILES string of the molecule is CC1CCCC(NC(=O)C2N(C(C)(C)C)C(=O)C3C(C(=O)Nc4ccc(F)c(Cl)c4)C4C=CC32O4)C1C. The molecule has 0 aromatic heterocycles. The Morgan fingerprint density at radius 2 is 1.92 bits per heavy atom. The molecule has 4 aliphatic rings. The zero-order chi connectivity index (χ0) is 26.9. The van der Waals surface area contributed by atoms with Gasteiger partial charge in [-0.15, -0.1) is 0 Å². The van der Waals surface area contributed by atoms with E-state index in [1.807, 2.05) is 26.8 Å². The van der Waals surface area contributed by atoms with Crippen molar-refractivity contribution in [2.45, 2.75) is 83.2 Å². The molecule has 1 aliphatic carbocycles. The fraction of sp³-hybridized carbons (Fsp3) is 0.607. The fourth-order valence-corrected chi connectivity index (χ4v) is 6.92. The number of rotatable bonds is 4. The molecule has 3 aliphatic heterocycles. The molecule has 3 heterocycles. The van der Waals surface area contributed by atoms with Crippen LogP contribution in [-0.4, -0.2) is 51.9 Å². The summed E-state index contributed by atoms with van der Waals surface area (Å²) in [5.41, 5.74) is -1.58. The van der Waals surface area contributed by atoms with Crippen LogP contribution in [0.3, 0.4) is 0 Å². The summed E-state index contributed by atoms with van der Waals surface area (Å²) in [6, 6.07) is 3.04. The van der Waals surface area contributed by atoms with E-state index in [1.54, 1.807) is 11.0 Å². The first kappa shape index (κ1) is 26.2. The summed E-state index contributed by atoms with van der Waals surface area (Å²) in [6.07, 6.45) is 6.03. The summed E-state index contributed by atoms with van der Waals surface area (Å²) in [4.78, 5) is 43.0. The lowest BCUT2D eigenvalue weighted by molar-refractivity contribution is -0.147. The smallest absolute Gasteiger partial charge is 0.246 e. The minimum atomic E-state index is -1.23. The Balaban J connectivity index is 1.46. The number of ether oxygens (including phenoxy) is 1. The van der Waals surface area contributed by atoms with E-state index in [-0.39, 0.29) is 22.9 Å². The summed E-state index contributed by atoms with van der Waals surface area (Å²) < 4.78 is 20.0. The van der Waals surface area contributed by atoms with Gasteiger partial charge in [0.15, 0.2) is 0 Å². The fourth-order valence-electron chi connectivity index (χ4n) is 6.74. The largest absolute Gasteiger partial charge is 0.359 e. The number of anilines is 1. The van der Waals surface area contributed by atoms with Crippen LogP contribution in [0.1, 0.15) is 53.9 Å². The van der Waals surface area contributed by atoms with E-state index >= 15 is 0 Å². The van der Waals surface area contributed by atoms with Crippen LogP contribution < -0.4 is 10.6 Å². The third-order valence-electron chi connectivity index (χ3n) is 8.77. The van der Waals surface area contributed by atoms with Gasteiger partial charge >= 0.3 is 0 Å². The Kier molecular flexibility index (Phi) is 6.43. The van der Waals surface area contributed by atoms with Crippen LogP contribution in [0, 0.1) is 29.5 Å². The first-order valence-corrected chi connectivity index (χ1v) is 13.5. The van der Waals surface area contributed by atoms with Crippen molar-refractivity contribution < 1.29 is 23.5 Å². The maximum absolute atomic E-state index is 14.0. The zero-order valence-corrected chi connectivity index (χ0v) is 22.6. The maximum Gasteiger partial charge on any atom is 0.246 e. The van der Waals surface area contributed by atoms with Crippen molar-refractivity contribution in [1.29, 1.82) is 0 Å². The molecule has 2 saturated heterocycles. The molecule has 0 radical (unpaired) electrons. The second-order valence-corrected chi connectivity index (χ2v) is 12.5.